The van der Waals surface area contributed by atoms with Gasteiger partial charge in [0.1, 0.15) is 11.1 Å². The van der Waals surface area contributed by atoms with Crippen molar-refractivity contribution in [3.05, 3.63) is 33.7 Å². The highest BCUT2D eigenvalue weighted by molar-refractivity contribution is 5.99. The van der Waals surface area contributed by atoms with Crippen molar-refractivity contribution >= 4 is 11.8 Å². The molecule has 144 valence electrons. The van der Waals surface area contributed by atoms with E-state index in [-0.39, 0.29) is 23.1 Å². The minimum absolute atomic E-state index is 0.0270. The van der Waals surface area contributed by atoms with Gasteiger partial charge in [0.05, 0.1) is 0 Å². The normalized spacial score (nSPS) is 15.1. The summed E-state index contributed by atoms with van der Waals surface area (Å²) in [6.45, 7) is 4.89. The van der Waals surface area contributed by atoms with Crippen LogP contribution in [0, 0.1) is 5.92 Å². The predicted octanol–water partition coefficient (Wildman–Crippen LogP) is 2.66. The SMILES string of the molecule is CNC(=O)c1cn(CCC(C)C)cc(C(=O)N(C)C2CCCCC2)c1=O. The van der Waals surface area contributed by atoms with Crippen LogP contribution >= 0.6 is 0 Å². The largest absolute Gasteiger partial charge is 0.355 e. The molecule has 0 saturated heterocycles. The Morgan fingerprint density at radius 1 is 1.19 bits per heavy atom. The van der Waals surface area contributed by atoms with Crippen LogP contribution in [-0.2, 0) is 6.54 Å². The first-order valence-corrected chi connectivity index (χ1v) is 9.58. The van der Waals surface area contributed by atoms with Gasteiger partial charge in [-0.1, -0.05) is 33.1 Å². The molecule has 1 heterocycles. The van der Waals surface area contributed by atoms with E-state index in [1.807, 2.05) is 0 Å². The van der Waals surface area contributed by atoms with E-state index in [1.165, 1.54) is 13.5 Å². The maximum absolute atomic E-state index is 13.0. The Morgan fingerprint density at radius 3 is 2.38 bits per heavy atom. The van der Waals surface area contributed by atoms with Crippen molar-refractivity contribution in [2.75, 3.05) is 14.1 Å². The maximum Gasteiger partial charge on any atom is 0.259 e. The molecule has 1 fully saturated rings. The minimum Gasteiger partial charge on any atom is -0.355 e. The fourth-order valence-electron chi connectivity index (χ4n) is 3.44. The quantitative estimate of drug-likeness (QED) is 0.847. The van der Waals surface area contributed by atoms with Crippen LogP contribution < -0.4 is 10.7 Å². The van der Waals surface area contributed by atoms with Gasteiger partial charge in [0.15, 0.2) is 0 Å². The van der Waals surface area contributed by atoms with Gasteiger partial charge in [-0.05, 0) is 25.2 Å². The Labute approximate surface area is 155 Å². The monoisotopic (exact) mass is 361 g/mol. The zero-order valence-electron chi connectivity index (χ0n) is 16.4. The van der Waals surface area contributed by atoms with Crippen molar-refractivity contribution in [3.8, 4) is 0 Å². The topological polar surface area (TPSA) is 71.4 Å². The lowest BCUT2D eigenvalue weighted by Gasteiger charge is -2.31. The molecular weight excluding hydrogens is 330 g/mol. The average molecular weight is 361 g/mol. The lowest BCUT2D eigenvalue weighted by molar-refractivity contribution is 0.0694. The molecule has 1 saturated carbocycles. The number of pyridine rings is 1. The van der Waals surface area contributed by atoms with E-state index in [1.54, 1.807) is 28.9 Å². The molecule has 0 bridgehead atoms. The lowest BCUT2D eigenvalue weighted by atomic mass is 9.94. The molecule has 1 aliphatic rings. The van der Waals surface area contributed by atoms with Crippen molar-refractivity contribution in [3.63, 3.8) is 0 Å². The van der Waals surface area contributed by atoms with Crippen molar-refractivity contribution in [2.45, 2.75) is 65.0 Å². The molecule has 26 heavy (non-hydrogen) atoms. The molecule has 1 aromatic heterocycles. The molecule has 0 unspecified atom stereocenters. The van der Waals surface area contributed by atoms with Gasteiger partial charge in [-0.3, -0.25) is 14.4 Å². The molecule has 0 aromatic carbocycles. The van der Waals surface area contributed by atoms with Crippen LogP contribution in [-0.4, -0.2) is 41.4 Å². The number of nitrogens with one attached hydrogen (secondary N) is 1. The summed E-state index contributed by atoms with van der Waals surface area (Å²) in [6.07, 6.45) is 9.44. The van der Waals surface area contributed by atoms with E-state index >= 15 is 0 Å². The zero-order valence-corrected chi connectivity index (χ0v) is 16.4. The van der Waals surface area contributed by atoms with Crippen LogP contribution in [0.5, 0.6) is 0 Å². The molecule has 0 atom stereocenters. The summed E-state index contributed by atoms with van der Waals surface area (Å²) < 4.78 is 1.80. The van der Waals surface area contributed by atoms with Crippen molar-refractivity contribution in [1.29, 1.82) is 0 Å². The molecule has 0 spiro atoms. The van der Waals surface area contributed by atoms with Crippen molar-refractivity contribution < 1.29 is 9.59 Å². The highest BCUT2D eigenvalue weighted by atomic mass is 16.2. The standard InChI is InChI=1S/C20H31N3O3/c1-14(2)10-11-23-12-16(19(25)21-3)18(24)17(13-23)20(26)22(4)15-8-6-5-7-9-15/h12-15H,5-11H2,1-4H3,(H,21,25). The van der Waals surface area contributed by atoms with Gasteiger partial charge in [-0.2, -0.15) is 0 Å². The fraction of sp³-hybridized carbons (Fsp3) is 0.650. The van der Waals surface area contributed by atoms with Gasteiger partial charge in [-0.25, -0.2) is 0 Å². The summed E-state index contributed by atoms with van der Waals surface area (Å²) in [5, 5.41) is 2.50. The van der Waals surface area contributed by atoms with Crippen LogP contribution in [0.4, 0.5) is 0 Å². The highest BCUT2D eigenvalue weighted by Gasteiger charge is 2.26. The van der Waals surface area contributed by atoms with E-state index in [4.69, 9.17) is 0 Å². The smallest absolute Gasteiger partial charge is 0.259 e. The Kier molecular flexibility index (Phi) is 7.00. The third-order valence-corrected chi connectivity index (χ3v) is 5.19. The number of carbonyl (C=O) groups excluding carboxylic acids is 2. The summed E-state index contributed by atoms with van der Waals surface area (Å²) in [5.41, 5.74) is -0.375. The van der Waals surface area contributed by atoms with Gasteiger partial charge >= 0.3 is 0 Å². The number of rotatable bonds is 6. The molecule has 1 N–H and O–H groups in total. The predicted molar refractivity (Wildman–Crippen MR) is 103 cm³/mol. The van der Waals surface area contributed by atoms with E-state index < -0.39 is 11.3 Å². The Hall–Kier alpha value is -2.11. The summed E-state index contributed by atoms with van der Waals surface area (Å²) in [7, 11) is 3.26. The molecule has 2 amide bonds. The van der Waals surface area contributed by atoms with Gasteiger partial charge in [-0.15, -0.1) is 0 Å². The molecular formula is C20H31N3O3. The molecule has 1 aliphatic carbocycles. The first-order valence-electron chi connectivity index (χ1n) is 9.58. The summed E-state index contributed by atoms with van der Waals surface area (Å²) in [5.74, 6) is -0.254. The first-order chi connectivity index (χ1) is 12.3. The Morgan fingerprint density at radius 2 is 1.81 bits per heavy atom. The van der Waals surface area contributed by atoms with Crippen LogP contribution in [0.15, 0.2) is 17.2 Å². The second-order valence-corrected chi connectivity index (χ2v) is 7.62. The number of aromatic nitrogens is 1. The van der Waals surface area contributed by atoms with Crippen molar-refractivity contribution in [2.24, 2.45) is 5.92 Å². The number of nitrogens with zero attached hydrogens (tertiary/aromatic N) is 2. The van der Waals surface area contributed by atoms with Crippen LogP contribution in [0.1, 0.15) is 73.1 Å². The highest BCUT2D eigenvalue weighted by Crippen LogP contribution is 2.22. The molecule has 2 rings (SSSR count). The lowest BCUT2D eigenvalue weighted by Crippen LogP contribution is -2.41. The van der Waals surface area contributed by atoms with Gasteiger partial charge in [0, 0.05) is 39.1 Å². The second-order valence-electron chi connectivity index (χ2n) is 7.62. The zero-order chi connectivity index (χ0) is 19.3. The molecule has 0 aliphatic heterocycles. The number of hydrogen-bond donors (Lipinski definition) is 1. The number of carbonyl (C=O) groups is 2. The molecule has 1 aromatic rings. The molecule has 6 nitrogen and oxygen atoms in total. The van der Waals surface area contributed by atoms with E-state index in [0.717, 1.165) is 32.1 Å². The van der Waals surface area contributed by atoms with Crippen LogP contribution in [0.3, 0.4) is 0 Å². The number of amides is 2. The van der Waals surface area contributed by atoms with Gasteiger partial charge in [0.2, 0.25) is 5.43 Å². The first kappa shape index (κ1) is 20.2. The number of aryl methyl sites for hydroxylation is 1. The minimum atomic E-state index is -0.488. The van der Waals surface area contributed by atoms with Crippen LogP contribution in [0.25, 0.3) is 0 Å². The third-order valence-electron chi connectivity index (χ3n) is 5.19. The van der Waals surface area contributed by atoms with E-state index in [2.05, 4.69) is 19.2 Å². The van der Waals surface area contributed by atoms with Crippen molar-refractivity contribution in [1.82, 2.24) is 14.8 Å². The third kappa shape index (κ3) is 4.74. The summed E-state index contributed by atoms with van der Waals surface area (Å²) >= 11 is 0. The Bertz CT molecular complexity index is 703. The average Bonchev–Trinajstić information content (AvgIpc) is 2.65. The van der Waals surface area contributed by atoms with Gasteiger partial charge in [0.25, 0.3) is 11.8 Å². The summed E-state index contributed by atoms with van der Waals surface area (Å²) in [6, 6.07) is 0.170. The summed E-state index contributed by atoms with van der Waals surface area (Å²) in [4.78, 5) is 39.6. The molecule has 0 radical (unpaired) electrons. The van der Waals surface area contributed by atoms with Gasteiger partial charge < -0.3 is 14.8 Å². The number of hydrogen-bond acceptors (Lipinski definition) is 3. The van der Waals surface area contributed by atoms with E-state index in [0.29, 0.717) is 12.5 Å². The Balaban J connectivity index is 2.37. The second kappa shape index (κ2) is 9.01. The maximum atomic E-state index is 13.0. The van der Waals surface area contributed by atoms with Crippen LogP contribution in [0.2, 0.25) is 0 Å². The molecule has 6 heteroatoms. The van der Waals surface area contributed by atoms with E-state index in [9.17, 15) is 14.4 Å². The fourth-order valence-corrected chi connectivity index (χ4v) is 3.44.